The number of hydrogen-bond donors (Lipinski definition) is 1. The molecule has 1 saturated heterocycles. The number of rotatable bonds is 4. The molecule has 0 saturated carbocycles. The van der Waals surface area contributed by atoms with Crippen LogP contribution >= 0.6 is 0 Å². The van der Waals surface area contributed by atoms with Gasteiger partial charge in [-0.25, -0.2) is 4.98 Å². The maximum Gasteiger partial charge on any atom is 0.254 e. The molecule has 1 N–H and O–H groups in total. The smallest absolute Gasteiger partial charge is 0.254 e. The number of amides is 1. The molecule has 2 rings (SSSR count). The highest BCUT2D eigenvalue weighted by Crippen LogP contribution is 2.30. The molecule has 0 radical (unpaired) electrons. The molecule has 1 aromatic heterocycles. The van der Waals surface area contributed by atoms with Gasteiger partial charge >= 0.3 is 0 Å². The van der Waals surface area contributed by atoms with Crippen LogP contribution in [0.1, 0.15) is 30.1 Å². The normalized spacial score (nSPS) is 18.3. The van der Waals surface area contributed by atoms with Crippen LogP contribution in [0.15, 0.2) is 18.3 Å². The van der Waals surface area contributed by atoms with Crippen molar-refractivity contribution in [2.45, 2.75) is 19.8 Å². The Hall–Kier alpha value is -1.62. The monoisotopic (exact) mass is 290 g/mol. The molecule has 21 heavy (non-hydrogen) atoms. The summed E-state index contributed by atoms with van der Waals surface area (Å²) in [4.78, 5) is 20.1. The molecule has 1 aliphatic rings. The van der Waals surface area contributed by atoms with E-state index in [1.807, 2.05) is 12.1 Å². The second-order valence-corrected chi connectivity index (χ2v) is 6.60. The topological polar surface area (TPSA) is 48.5 Å². The fourth-order valence-electron chi connectivity index (χ4n) is 2.52. The van der Waals surface area contributed by atoms with Gasteiger partial charge < -0.3 is 15.1 Å². The fourth-order valence-corrected chi connectivity index (χ4v) is 2.52. The SMILES string of the molecule is CN1CCC(C)(CNc2ccc(C(=O)N(C)C)cn2)CC1. The van der Waals surface area contributed by atoms with E-state index in [9.17, 15) is 4.79 Å². The van der Waals surface area contributed by atoms with Crippen LogP contribution in [-0.4, -0.2) is 61.5 Å². The molecule has 5 nitrogen and oxygen atoms in total. The van der Waals surface area contributed by atoms with E-state index in [0.717, 1.165) is 25.5 Å². The highest BCUT2D eigenvalue weighted by atomic mass is 16.2. The Morgan fingerprint density at radius 3 is 2.57 bits per heavy atom. The molecule has 0 aromatic carbocycles. The first kappa shape index (κ1) is 15.8. The average molecular weight is 290 g/mol. The predicted octanol–water partition coefficient (Wildman–Crippen LogP) is 1.93. The summed E-state index contributed by atoms with van der Waals surface area (Å²) in [7, 11) is 5.67. The van der Waals surface area contributed by atoms with E-state index in [-0.39, 0.29) is 5.91 Å². The van der Waals surface area contributed by atoms with Gasteiger partial charge in [0, 0.05) is 26.8 Å². The standard InChI is InChI=1S/C16H26N4O/c1-16(7-9-20(4)10-8-16)12-18-14-6-5-13(11-17-14)15(21)19(2)3/h5-6,11H,7-10,12H2,1-4H3,(H,17,18). The molecular formula is C16H26N4O. The van der Waals surface area contributed by atoms with E-state index < -0.39 is 0 Å². The lowest BCUT2D eigenvalue weighted by molar-refractivity contribution is 0.0827. The van der Waals surface area contributed by atoms with Crippen LogP contribution in [-0.2, 0) is 0 Å². The van der Waals surface area contributed by atoms with Crippen molar-refractivity contribution in [3.05, 3.63) is 23.9 Å². The number of hydrogen-bond acceptors (Lipinski definition) is 4. The Morgan fingerprint density at radius 2 is 2.05 bits per heavy atom. The van der Waals surface area contributed by atoms with E-state index in [2.05, 4.69) is 29.2 Å². The summed E-state index contributed by atoms with van der Waals surface area (Å²) in [6.07, 6.45) is 4.04. The Labute approximate surface area is 127 Å². The van der Waals surface area contributed by atoms with E-state index in [1.54, 1.807) is 25.2 Å². The zero-order chi connectivity index (χ0) is 15.5. The van der Waals surface area contributed by atoms with Crippen LogP contribution in [0.2, 0.25) is 0 Å². The molecule has 0 aliphatic carbocycles. The third-order valence-corrected chi connectivity index (χ3v) is 4.31. The second kappa shape index (κ2) is 6.43. The highest BCUT2D eigenvalue weighted by Gasteiger charge is 2.28. The first-order valence-corrected chi connectivity index (χ1v) is 7.50. The van der Waals surface area contributed by atoms with Gasteiger partial charge in [-0.1, -0.05) is 6.92 Å². The first-order valence-electron chi connectivity index (χ1n) is 7.50. The van der Waals surface area contributed by atoms with Crippen molar-refractivity contribution < 1.29 is 4.79 Å². The van der Waals surface area contributed by atoms with Gasteiger partial charge in [0.2, 0.25) is 0 Å². The molecule has 0 unspecified atom stereocenters. The van der Waals surface area contributed by atoms with E-state index in [1.165, 1.54) is 12.8 Å². The molecular weight excluding hydrogens is 264 g/mol. The van der Waals surface area contributed by atoms with Gasteiger partial charge in [-0.3, -0.25) is 4.79 Å². The summed E-state index contributed by atoms with van der Waals surface area (Å²) in [5.74, 6) is 0.821. The van der Waals surface area contributed by atoms with Gasteiger partial charge in [0.15, 0.2) is 0 Å². The van der Waals surface area contributed by atoms with Crippen molar-refractivity contribution in [1.29, 1.82) is 0 Å². The molecule has 0 atom stereocenters. The number of piperidine rings is 1. The summed E-state index contributed by atoms with van der Waals surface area (Å²) < 4.78 is 0. The molecule has 1 amide bonds. The van der Waals surface area contributed by atoms with Crippen LogP contribution < -0.4 is 5.32 Å². The lowest BCUT2D eigenvalue weighted by atomic mass is 9.80. The zero-order valence-electron chi connectivity index (χ0n) is 13.5. The van der Waals surface area contributed by atoms with Gasteiger partial charge in [0.1, 0.15) is 5.82 Å². The zero-order valence-corrected chi connectivity index (χ0v) is 13.5. The quantitative estimate of drug-likeness (QED) is 0.920. The third kappa shape index (κ3) is 4.17. The van der Waals surface area contributed by atoms with E-state index >= 15 is 0 Å². The van der Waals surface area contributed by atoms with E-state index in [0.29, 0.717) is 11.0 Å². The summed E-state index contributed by atoms with van der Waals surface area (Å²) in [5, 5.41) is 3.41. The van der Waals surface area contributed by atoms with Crippen LogP contribution in [0, 0.1) is 5.41 Å². The number of nitrogens with one attached hydrogen (secondary N) is 1. The van der Waals surface area contributed by atoms with Crippen LogP contribution in [0.5, 0.6) is 0 Å². The highest BCUT2D eigenvalue weighted by molar-refractivity contribution is 5.93. The maximum atomic E-state index is 11.8. The summed E-state index contributed by atoms with van der Waals surface area (Å²) in [5.41, 5.74) is 0.947. The molecule has 0 bridgehead atoms. The van der Waals surface area contributed by atoms with Gasteiger partial charge in [-0.2, -0.15) is 0 Å². The Morgan fingerprint density at radius 1 is 1.38 bits per heavy atom. The molecule has 2 heterocycles. The third-order valence-electron chi connectivity index (χ3n) is 4.31. The predicted molar refractivity (Wildman–Crippen MR) is 85.6 cm³/mol. The van der Waals surface area contributed by atoms with Crippen molar-refractivity contribution in [1.82, 2.24) is 14.8 Å². The molecule has 0 spiro atoms. The van der Waals surface area contributed by atoms with E-state index in [4.69, 9.17) is 0 Å². The molecule has 5 heteroatoms. The Bertz CT molecular complexity index is 476. The number of anilines is 1. The minimum atomic E-state index is -0.0173. The van der Waals surface area contributed by atoms with Crippen molar-refractivity contribution >= 4 is 11.7 Å². The average Bonchev–Trinajstić information content (AvgIpc) is 2.48. The maximum absolute atomic E-state index is 11.8. The van der Waals surface area contributed by atoms with Gasteiger partial charge in [0.05, 0.1) is 5.56 Å². The number of carbonyl (C=O) groups is 1. The molecule has 1 aromatic rings. The Kier molecular flexibility index (Phi) is 4.83. The first-order chi connectivity index (χ1) is 9.89. The number of likely N-dealkylation sites (tertiary alicyclic amines) is 1. The van der Waals surface area contributed by atoms with Crippen LogP contribution in [0.25, 0.3) is 0 Å². The van der Waals surface area contributed by atoms with Crippen LogP contribution in [0.3, 0.4) is 0 Å². The van der Waals surface area contributed by atoms with Gasteiger partial charge in [-0.05, 0) is 50.5 Å². The van der Waals surface area contributed by atoms with Crippen molar-refractivity contribution in [3.8, 4) is 0 Å². The molecule has 116 valence electrons. The number of nitrogens with zero attached hydrogens (tertiary/aromatic N) is 3. The number of aromatic nitrogens is 1. The summed E-state index contributed by atoms with van der Waals surface area (Å²) in [6.45, 7) is 5.56. The van der Waals surface area contributed by atoms with Gasteiger partial charge in [-0.15, -0.1) is 0 Å². The minimum absolute atomic E-state index is 0.0173. The van der Waals surface area contributed by atoms with Crippen molar-refractivity contribution in [3.63, 3.8) is 0 Å². The van der Waals surface area contributed by atoms with Crippen molar-refractivity contribution in [2.75, 3.05) is 46.1 Å². The Balaban J connectivity index is 1.90. The minimum Gasteiger partial charge on any atom is -0.370 e. The summed E-state index contributed by atoms with van der Waals surface area (Å²) in [6, 6.07) is 3.71. The lowest BCUT2D eigenvalue weighted by Crippen LogP contribution is -2.40. The van der Waals surface area contributed by atoms with Gasteiger partial charge in [0.25, 0.3) is 5.91 Å². The number of pyridine rings is 1. The largest absolute Gasteiger partial charge is 0.370 e. The second-order valence-electron chi connectivity index (χ2n) is 6.60. The van der Waals surface area contributed by atoms with Crippen LogP contribution in [0.4, 0.5) is 5.82 Å². The molecule has 1 aliphatic heterocycles. The van der Waals surface area contributed by atoms with Crippen molar-refractivity contribution in [2.24, 2.45) is 5.41 Å². The molecule has 1 fully saturated rings. The lowest BCUT2D eigenvalue weighted by Gasteiger charge is -2.38. The summed E-state index contributed by atoms with van der Waals surface area (Å²) >= 11 is 0. The number of carbonyl (C=O) groups excluding carboxylic acids is 1. The fraction of sp³-hybridized carbons (Fsp3) is 0.625.